The Morgan fingerprint density at radius 1 is 1.10 bits per heavy atom. The molecule has 7 heteroatoms. The van der Waals surface area contributed by atoms with Crippen LogP contribution in [0, 0.1) is 0 Å². The summed E-state index contributed by atoms with van der Waals surface area (Å²) in [5, 5.41) is 2.85. The number of ether oxygens (including phenoxy) is 3. The van der Waals surface area contributed by atoms with Gasteiger partial charge >= 0.3 is 12.0 Å². The number of hydrogen-bond acceptors (Lipinski definition) is 7. The summed E-state index contributed by atoms with van der Waals surface area (Å²) in [5.41, 5.74) is 0. The Labute approximate surface area is 123 Å². The van der Waals surface area contributed by atoms with E-state index in [0.29, 0.717) is 24.1 Å². The van der Waals surface area contributed by atoms with Crippen LogP contribution in [-0.4, -0.2) is 35.7 Å². The van der Waals surface area contributed by atoms with Crippen molar-refractivity contribution in [1.82, 2.24) is 15.0 Å². The highest BCUT2D eigenvalue weighted by molar-refractivity contribution is 5.35. The summed E-state index contributed by atoms with van der Waals surface area (Å²) in [5.74, 6) is 1.65. The highest BCUT2D eigenvalue weighted by Crippen LogP contribution is 2.24. The van der Waals surface area contributed by atoms with Crippen LogP contribution < -0.4 is 19.5 Å². The average Bonchev–Trinajstić information content (AvgIpc) is 2.52. The predicted molar refractivity (Wildman–Crippen MR) is 78.2 cm³/mol. The van der Waals surface area contributed by atoms with Crippen molar-refractivity contribution in [1.29, 1.82) is 0 Å². The van der Waals surface area contributed by atoms with Crippen LogP contribution in [0.5, 0.6) is 23.5 Å². The molecule has 0 atom stereocenters. The molecule has 0 saturated heterocycles. The summed E-state index contributed by atoms with van der Waals surface area (Å²) in [7, 11) is 3.31. The smallest absolute Gasteiger partial charge is 0.330 e. The van der Waals surface area contributed by atoms with Gasteiger partial charge in [-0.3, -0.25) is 0 Å². The lowest BCUT2D eigenvalue weighted by Crippen LogP contribution is -2.06. The van der Waals surface area contributed by atoms with Crippen LogP contribution in [-0.2, 0) is 0 Å². The molecule has 0 aliphatic heterocycles. The number of methoxy groups -OCH3 is 1. The third kappa shape index (κ3) is 4.20. The molecule has 1 aromatic heterocycles. The van der Waals surface area contributed by atoms with Gasteiger partial charge in [-0.25, -0.2) is 0 Å². The van der Waals surface area contributed by atoms with Gasteiger partial charge in [0.05, 0.1) is 13.7 Å². The minimum Gasteiger partial charge on any atom is -0.497 e. The summed E-state index contributed by atoms with van der Waals surface area (Å²) in [6, 6.07) is 7.58. The zero-order chi connectivity index (χ0) is 15.1. The van der Waals surface area contributed by atoms with Gasteiger partial charge in [-0.15, -0.1) is 4.98 Å². The average molecular weight is 290 g/mol. The van der Waals surface area contributed by atoms with Crippen molar-refractivity contribution < 1.29 is 14.2 Å². The molecule has 0 amide bonds. The second-order valence-electron chi connectivity index (χ2n) is 4.10. The number of anilines is 1. The first-order valence-corrected chi connectivity index (χ1v) is 6.63. The van der Waals surface area contributed by atoms with Gasteiger partial charge in [0, 0.05) is 13.1 Å². The number of nitrogens with one attached hydrogen (secondary N) is 1. The largest absolute Gasteiger partial charge is 0.497 e. The molecular formula is C14H18N4O3. The zero-order valence-corrected chi connectivity index (χ0v) is 12.3. The van der Waals surface area contributed by atoms with E-state index < -0.39 is 0 Å². The Bertz CT molecular complexity index is 592. The van der Waals surface area contributed by atoms with E-state index >= 15 is 0 Å². The second kappa shape index (κ2) is 7.28. The fourth-order valence-electron chi connectivity index (χ4n) is 1.52. The number of rotatable bonds is 7. The molecule has 7 nitrogen and oxygen atoms in total. The van der Waals surface area contributed by atoms with Gasteiger partial charge in [-0.05, 0) is 18.6 Å². The van der Waals surface area contributed by atoms with Crippen LogP contribution in [0.25, 0.3) is 0 Å². The van der Waals surface area contributed by atoms with E-state index in [0.717, 1.165) is 6.42 Å². The van der Waals surface area contributed by atoms with Crippen molar-refractivity contribution in [2.45, 2.75) is 13.3 Å². The first-order valence-electron chi connectivity index (χ1n) is 6.63. The van der Waals surface area contributed by atoms with Crippen LogP contribution >= 0.6 is 0 Å². The summed E-state index contributed by atoms with van der Waals surface area (Å²) in [6.07, 6.45) is 0.868. The SMILES string of the molecule is CCCOc1nc(NC)nc(Oc2cccc(OC)c2)n1. The number of hydrogen-bond donors (Lipinski definition) is 1. The van der Waals surface area contributed by atoms with Crippen molar-refractivity contribution in [2.75, 3.05) is 26.1 Å². The van der Waals surface area contributed by atoms with Crippen molar-refractivity contribution >= 4 is 5.95 Å². The minimum absolute atomic E-state index is 0.161. The molecule has 0 aliphatic rings. The molecule has 1 heterocycles. The van der Waals surface area contributed by atoms with Gasteiger partial charge < -0.3 is 19.5 Å². The molecule has 1 N–H and O–H groups in total. The Balaban J connectivity index is 2.21. The molecule has 0 spiro atoms. The molecule has 0 radical (unpaired) electrons. The molecule has 112 valence electrons. The van der Waals surface area contributed by atoms with Crippen LogP contribution in [0.1, 0.15) is 13.3 Å². The van der Waals surface area contributed by atoms with Crippen molar-refractivity contribution in [2.24, 2.45) is 0 Å². The van der Waals surface area contributed by atoms with Gasteiger partial charge in [0.1, 0.15) is 11.5 Å². The quantitative estimate of drug-likeness (QED) is 0.839. The van der Waals surface area contributed by atoms with Crippen LogP contribution in [0.15, 0.2) is 24.3 Å². The number of nitrogens with zero attached hydrogens (tertiary/aromatic N) is 3. The van der Waals surface area contributed by atoms with E-state index in [4.69, 9.17) is 14.2 Å². The van der Waals surface area contributed by atoms with Crippen LogP contribution in [0.4, 0.5) is 5.95 Å². The number of benzene rings is 1. The molecule has 0 aliphatic carbocycles. The molecule has 0 bridgehead atoms. The first-order chi connectivity index (χ1) is 10.2. The highest BCUT2D eigenvalue weighted by Gasteiger charge is 2.09. The van der Waals surface area contributed by atoms with E-state index in [-0.39, 0.29) is 12.0 Å². The Morgan fingerprint density at radius 3 is 2.57 bits per heavy atom. The monoisotopic (exact) mass is 290 g/mol. The fourth-order valence-corrected chi connectivity index (χ4v) is 1.52. The zero-order valence-electron chi connectivity index (χ0n) is 12.3. The molecule has 2 rings (SSSR count). The molecular weight excluding hydrogens is 272 g/mol. The number of aromatic nitrogens is 3. The highest BCUT2D eigenvalue weighted by atomic mass is 16.5. The van der Waals surface area contributed by atoms with Gasteiger partial charge in [0.2, 0.25) is 5.95 Å². The normalized spacial score (nSPS) is 10.0. The van der Waals surface area contributed by atoms with E-state index in [9.17, 15) is 0 Å². The van der Waals surface area contributed by atoms with Gasteiger partial charge in [0.15, 0.2) is 0 Å². The second-order valence-corrected chi connectivity index (χ2v) is 4.10. The fraction of sp³-hybridized carbons (Fsp3) is 0.357. The predicted octanol–water partition coefficient (Wildman–Crippen LogP) is 2.50. The van der Waals surface area contributed by atoms with Crippen molar-refractivity contribution in [3.05, 3.63) is 24.3 Å². The van der Waals surface area contributed by atoms with E-state index in [2.05, 4.69) is 20.3 Å². The molecule has 0 unspecified atom stereocenters. The summed E-state index contributed by atoms with van der Waals surface area (Å²) < 4.78 is 16.2. The van der Waals surface area contributed by atoms with Gasteiger partial charge in [-0.2, -0.15) is 9.97 Å². The molecule has 1 aromatic carbocycles. The Kier molecular flexibility index (Phi) is 5.14. The lowest BCUT2D eigenvalue weighted by Gasteiger charge is -2.09. The van der Waals surface area contributed by atoms with E-state index in [1.165, 1.54) is 0 Å². The van der Waals surface area contributed by atoms with Crippen LogP contribution in [0.2, 0.25) is 0 Å². The molecule has 0 saturated carbocycles. The third-order valence-corrected chi connectivity index (χ3v) is 2.50. The third-order valence-electron chi connectivity index (χ3n) is 2.50. The topological polar surface area (TPSA) is 78.4 Å². The van der Waals surface area contributed by atoms with Crippen molar-refractivity contribution in [3.63, 3.8) is 0 Å². The first kappa shape index (κ1) is 14.8. The maximum absolute atomic E-state index is 5.62. The summed E-state index contributed by atoms with van der Waals surface area (Å²) in [6.45, 7) is 2.54. The molecule has 2 aromatic rings. The molecule has 0 fully saturated rings. The minimum atomic E-state index is 0.161. The van der Waals surface area contributed by atoms with E-state index in [1.807, 2.05) is 19.1 Å². The maximum atomic E-state index is 5.62. The van der Waals surface area contributed by atoms with Gasteiger partial charge in [0.25, 0.3) is 0 Å². The standard InChI is InChI=1S/C14H18N4O3/c1-4-8-20-13-16-12(15-2)17-14(18-13)21-11-7-5-6-10(9-11)19-3/h5-7,9H,4,8H2,1-3H3,(H,15,16,17,18). The Morgan fingerprint density at radius 2 is 1.86 bits per heavy atom. The Hall–Kier alpha value is -2.57. The molecule has 21 heavy (non-hydrogen) atoms. The summed E-state index contributed by atoms with van der Waals surface area (Å²) >= 11 is 0. The van der Waals surface area contributed by atoms with Crippen molar-refractivity contribution in [3.8, 4) is 23.5 Å². The lowest BCUT2D eigenvalue weighted by atomic mass is 10.3. The summed E-state index contributed by atoms with van der Waals surface area (Å²) in [4.78, 5) is 12.4. The van der Waals surface area contributed by atoms with Gasteiger partial charge in [-0.1, -0.05) is 13.0 Å². The lowest BCUT2D eigenvalue weighted by molar-refractivity contribution is 0.285. The maximum Gasteiger partial charge on any atom is 0.330 e. The van der Waals surface area contributed by atoms with E-state index in [1.54, 1.807) is 26.3 Å². The van der Waals surface area contributed by atoms with Crippen LogP contribution in [0.3, 0.4) is 0 Å².